The summed E-state index contributed by atoms with van der Waals surface area (Å²) in [6.07, 6.45) is 4.88. The van der Waals surface area contributed by atoms with Gasteiger partial charge in [0.2, 0.25) is 0 Å². The number of pyridine rings is 1. The monoisotopic (exact) mass is 464 g/mol. The van der Waals surface area contributed by atoms with Crippen LogP contribution in [-0.4, -0.2) is 52.5 Å². The molecule has 0 bridgehead atoms. The number of carbonyl (C=O) groups is 1. The number of nitriles is 1. The molecule has 0 N–H and O–H groups in total. The van der Waals surface area contributed by atoms with Crippen molar-refractivity contribution in [2.24, 2.45) is 0 Å². The Hall–Kier alpha value is -3.02. The highest BCUT2D eigenvalue weighted by atomic mass is 32.2. The van der Waals surface area contributed by atoms with Gasteiger partial charge < -0.3 is 4.90 Å². The van der Waals surface area contributed by atoms with Crippen molar-refractivity contribution in [1.29, 1.82) is 5.26 Å². The zero-order valence-electron chi connectivity index (χ0n) is 18.1. The SMILES string of the molecule is CSN1CCN(C(=O)c2cnc3ccc(F)cc3c2-c2ccc(C3(C#N)CC3)cc2F)CC1. The van der Waals surface area contributed by atoms with Gasteiger partial charge in [0.05, 0.1) is 22.6 Å². The van der Waals surface area contributed by atoms with Gasteiger partial charge in [0.25, 0.3) is 5.91 Å². The van der Waals surface area contributed by atoms with E-state index >= 15 is 4.39 Å². The normalized spacial score (nSPS) is 17.7. The van der Waals surface area contributed by atoms with E-state index < -0.39 is 17.0 Å². The quantitative estimate of drug-likeness (QED) is 0.521. The first-order valence-electron chi connectivity index (χ1n) is 10.8. The van der Waals surface area contributed by atoms with Crippen LogP contribution in [0.5, 0.6) is 0 Å². The fourth-order valence-electron chi connectivity index (χ4n) is 4.47. The maximum atomic E-state index is 15.5. The molecule has 0 atom stereocenters. The number of fused-ring (bicyclic) bond motifs is 1. The number of benzene rings is 2. The number of piperazine rings is 1. The molecular formula is C25H22F2N4OS. The van der Waals surface area contributed by atoms with Crippen molar-refractivity contribution in [3.05, 3.63) is 65.4 Å². The Balaban J connectivity index is 1.63. The first kappa shape index (κ1) is 21.8. The highest BCUT2D eigenvalue weighted by Crippen LogP contribution is 2.48. The van der Waals surface area contributed by atoms with Gasteiger partial charge in [0.1, 0.15) is 11.6 Å². The van der Waals surface area contributed by atoms with E-state index in [2.05, 4.69) is 15.4 Å². The largest absolute Gasteiger partial charge is 0.336 e. The van der Waals surface area contributed by atoms with E-state index in [1.807, 2.05) is 6.26 Å². The molecule has 0 unspecified atom stereocenters. The van der Waals surface area contributed by atoms with Crippen LogP contribution >= 0.6 is 11.9 Å². The van der Waals surface area contributed by atoms with Crippen molar-refractivity contribution < 1.29 is 13.6 Å². The highest BCUT2D eigenvalue weighted by molar-refractivity contribution is 7.96. The van der Waals surface area contributed by atoms with E-state index in [4.69, 9.17) is 0 Å². The minimum Gasteiger partial charge on any atom is -0.336 e. The van der Waals surface area contributed by atoms with E-state index in [1.54, 1.807) is 29.0 Å². The lowest BCUT2D eigenvalue weighted by atomic mass is 9.91. The average Bonchev–Trinajstić information content (AvgIpc) is 3.64. The number of rotatable bonds is 4. The third kappa shape index (κ3) is 3.85. The molecule has 2 aromatic carbocycles. The maximum absolute atomic E-state index is 15.5. The van der Waals surface area contributed by atoms with Gasteiger partial charge >= 0.3 is 0 Å². The lowest BCUT2D eigenvalue weighted by Gasteiger charge is -2.33. The number of hydrogen-bond acceptors (Lipinski definition) is 5. The van der Waals surface area contributed by atoms with Crippen molar-refractivity contribution in [3.8, 4) is 17.2 Å². The molecule has 3 aromatic rings. The molecule has 168 valence electrons. The third-order valence-electron chi connectivity index (χ3n) is 6.60. The van der Waals surface area contributed by atoms with E-state index in [0.717, 1.165) is 13.1 Å². The number of halogens is 2. The van der Waals surface area contributed by atoms with E-state index in [1.165, 1.54) is 30.5 Å². The molecule has 33 heavy (non-hydrogen) atoms. The van der Waals surface area contributed by atoms with Crippen molar-refractivity contribution in [3.63, 3.8) is 0 Å². The van der Waals surface area contributed by atoms with Gasteiger partial charge in [-0.2, -0.15) is 5.26 Å². The molecule has 5 rings (SSSR count). The second-order valence-electron chi connectivity index (χ2n) is 8.50. The lowest BCUT2D eigenvalue weighted by molar-refractivity contribution is 0.0704. The topological polar surface area (TPSA) is 60.2 Å². The molecule has 1 saturated heterocycles. The molecule has 1 aliphatic heterocycles. The molecule has 2 heterocycles. The number of amides is 1. The standard InChI is InChI=1S/C25H22F2N4OS/c1-33-31-10-8-30(9-11-31)24(32)20-14-29-22-5-3-17(26)13-19(22)23(20)18-4-2-16(12-21(18)27)25(15-28)6-7-25/h2-5,12-14H,6-11H2,1H3. The average molecular weight is 465 g/mol. The predicted molar refractivity (Wildman–Crippen MR) is 125 cm³/mol. The Morgan fingerprint density at radius 1 is 1.12 bits per heavy atom. The molecule has 1 saturated carbocycles. The molecule has 0 radical (unpaired) electrons. The third-order valence-corrected chi connectivity index (χ3v) is 7.48. The maximum Gasteiger partial charge on any atom is 0.256 e. The van der Waals surface area contributed by atoms with Gasteiger partial charge in [-0.15, -0.1) is 0 Å². The lowest BCUT2D eigenvalue weighted by Crippen LogP contribution is -2.46. The van der Waals surface area contributed by atoms with Crippen molar-refractivity contribution in [2.75, 3.05) is 32.4 Å². The van der Waals surface area contributed by atoms with Crippen molar-refractivity contribution in [1.82, 2.24) is 14.2 Å². The van der Waals surface area contributed by atoms with Crippen LogP contribution in [0.4, 0.5) is 8.78 Å². The van der Waals surface area contributed by atoms with Crippen LogP contribution in [-0.2, 0) is 5.41 Å². The van der Waals surface area contributed by atoms with Crippen LogP contribution in [0.25, 0.3) is 22.0 Å². The Bertz CT molecular complexity index is 1290. The second kappa shape index (κ2) is 8.40. The van der Waals surface area contributed by atoms with Crippen molar-refractivity contribution >= 4 is 28.8 Å². The van der Waals surface area contributed by atoms with Crippen LogP contribution in [0.15, 0.2) is 42.6 Å². The number of nitrogens with zero attached hydrogens (tertiary/aromatic N) is 4. The predicted octanol–water partition coefficient (Wildman–Crippen LogP) is 4.77. The van der Waals surface area contributed by atoms with E-state index in [0.29, 0.717) is 48.0 Å². The minimum absolute atomic E-state index is 0.205. The van der Waals surface area contributed by atoms with Crippen LogP contribution < -0.4 is 0 Å². The summed E-state index contributed by atoms with van der Waals surface area (Å²) < 4.78 is 31.9. The van der Waals surface area contributed by atoms with E-state index in [-0.39, 0.29) is 17.0 Å². The van der Waals surface area contributed by atoms with Crippen LogP contribution in [0.2, 0.25) is 0 Å². The van der Waals surface area contributed by atoms with Gasteiger partial charge in [0.15, 0.2) is 0 Å². The molecule has 5 nitrogen and oxygen atoms in total. The molecule has 1 aromatic heterocycles. The molecule has 0 spiro atoms. The summed E-state index contributed by atoms with van der Waals surface area (Å²) in [6, 6.07) is 11.1. The fraction of sp³-hybridized carbons (Fsp3) is 0.320. The van der Waals surface area contributed by atoms with Gasteiger partial charge in [-0.3, -0.25) is 9.78 Å². The van der Waals surface area contributed by atoms with Gasteiger partial charge in [-0.05, 0) is 48.9 Å². The van der Waals surface area contributed by atoms with Gasteiger partial charge in [0, 0.05) is 48.9 Å². The molecule has 1 amide bonds. The summed E-state index contributed by atoms with van der Waals surface area (Å²) >= 11 is 1.64. The van der Waals surface area contributed by atoms with Crippen LogP contribution in [0.1, 0.15) is 28.8 Å². The van der Waals surface area contributed by atoms with Crippen LogP contribution in [0, 0.1) is 23.0 Å². The molecule has 2 fully saturated rings. The van der Waals surface area contributed by atoms with Gasteiger partial charge in [-0.1, -0.05) is 24.1 Å². The second-order valence-corrected chi connectivity index (χ2v) is 9.38. The summed E-state index contributed by atoms with van der Waals surface area (Å²) in [5.74, 6) is -1.27. The molecule has 2 aliphatic rings. The molecule has 8 heteroatoms. The Labute approximate surface area is 195 Å². The number of hydrogen-bond donors (Lipinski definition) is 0. The Morgan fingerprint density at radius 3 is 2.52 bits per heavy atom. The first-order valence-corrected chi connectivity index (χ1v) is 12.0. The minimum atomic E-state index is -0.624. The smallest absolute Gasteiger partial charge is 0.256 e. The Kier molecular flexibility index (Phi) is 5.55. The summed E-state index contributed by atoms with van der Waals surface area (Å²) in [4.78, 5) is 19.6. The summed E-state index contributed by atoms with van der Waals surface area (Å²) in [5, 5.41) is 9.87. The van der Waals surface area contributed by atoms with E-state index in [9.17, 15) is 14.4 Å². The fourth-order valence-corrected chi connectivity index (χ4v) is 5.00. The van der Waals surface area contributed by atoms with Crippen LogP contribution in [0.3, 0.4) is 0 Å². The number of aromatic nitrogens is 1. The van der Waals surface area contributed by atoms with Crippen molar-refractivity contribution in [2.45, 2.75) is 18.3 Å². The summed E-state index contributed by atoms with van der Waals surface area (Å²) in [5.41, 5.74) is 1.28. The number of carbonyl (C=O) groups excluding carboxylic acids is 1. The zero-order valence-corrected chi connectivity index (χ0v) is 19.0. The van der Waals surface area contributed by atoms with Gasteiger partial charge in [-0.25, -0.2) is 13.1 Å². The molecule has 1 aliphatic carbocycles. The zero-order chi connectivity index (χ0) is 23.2. The molecular weight excluding hydrogens is 442 g/mol. The first-order chi connectivity index (χ1) is 16.0. The highest BCUT2D eigenvalue weighted by Gasteiger charge is 2.45. The Morgan fingerprint density at radius 2 is 1.88 bits per heavy atom. The summed E-state index contributed by atoms with van der Waals surface area (Å²) in [6.45, 7) is 2.56. The summed E-state index contributed by atoms with van der Waals surface area (Å²) in [7, 11) is 0.